The number of anilines is 2. The average molecular weight is 502 g/mol. The van der Waals surface area contributed by atoms with E-state index in [0.29, 0.717) is 22.9 Å². The molecule has 4 aromatic rings. The van der Waals surface area contributed by atoms with Crippen molar-refractivity contribution in [1.82, 2.24) is 14.7 Å². The first-order valence-corrected chi connectivity index (χ1v) is 11.8. The number of halogens is 1. The number of urea groups is 1. The maximum absolute atomic E-state index is 13.5. The summed E-state index contributed by atoms with van der Waals surface area (Å²) in [5, 5.41) is 10.2. The van der Waals surface area contributed by atoms with Crippen molar-refractivity contribution in [2.45, 2.75) is 19.9 Å². The molecule has 190 valence electrons. The fraction of sp³-hybridized carbons (Fsp3) is 0.179. The van der Waals surface area contributed by atoms with Crippen molar-refractivity contribution in [3.05, 3.63) is 90.7 Å². The number of hydrogen-bond donors (Lipinski definition) is 2. The number of hydrogen-bond acceptors (Lipinski definition) is 4. The zero-order valence-electron chi connectivity index (χ0n) is 20.8. The van der Waals surface area contributed by atoms with E-state index in [4.69, 9.17) is 9.84 Å². The number of nitrogens with one attached hydrogen (secondary N) is 2. The van der Waals surface area contributed by atoms with Gasteiger partial charge in [-0.05, 0) is 56.3 Å². The second-order valence-electron chi connectivity index (χ2n) is 8.60. The van der Waals surface area contributed by atoms with E-state index in [9.17, 15) is 14.0 Å². The Balaban J connectivity index is 1.56. The lowest BCUT2D eigenvalue weighted by Crippen LogP contribution is -2.44. The Morgan fingerprint density at radius 2 is 1.70 bits per heavy atom. The van der Waals surface area contributed by atoms with Gasteiger partial charge in [0, 0.05) is 23.4 Å². The molecular formula is C28H28FN5O3. The fourth-order valence-corrected chi connectivity index (χ4v) is 3.73. The van der Waals surface area contributed by atoms with Gasteiger partial charge in [0.1, 0.15) is 23.9 Å². The molecule has 0 radical (unpaired) electrons. The van der Waals surface area contributed by atoms with Crippen molar-refractivity contribution < 1.29 is 18.7 Å². The van der Waals surface area contributed by atoms with Crippen LogP contribution in [0, 0.1) is 5.82 Å². The van der Waals surface area contributed by atoms with Crippen LogP contribution in [0.1, 0.15) is 13.8 Å². The summed E-state index contributed by atoms with van der Waals surface area (Å²) in [6.07, 6.45) is 0. The van der Waals surface area contributed by atoms with Crippen LogP contribution in [0.15, 0.2) is 84.9 Å². The average Bonchev–Trinajstić information content (AvgIpc) is 3.31. The first kappa shape index (κ1) is 25.4. The molecule has 2 N–H and O–H groups in total. The van der Waals surface area contributed by atoms with Crippen molar-refractivity contribution >= 4 is 23.4 Å². The Morgan fingerprint density at radius 1 is 0.973 bits per heavy atom. The molecule has 9 heteroatoms. The molecule has 3 aromatic carbocycles. The minimum Gasteiger partial charge on any atom is -0.497 e. The highest BCUT2D eigenvalue weighted by Crippen LogP contribution is 2.26. The number of amides is 3. The quantitative estimate of drug-likeness (QED) is 0.331. The van der Waals surface area contributed by atoms with Crippen LogP contribution in [0.25, 0.3) is 16.9 Å². The Kier molecular flexibility index (Phi) is 7.83. The molecule has 0 spiro atoms. The van der Waals surface area contributed by atoms with Gasteiger partial charge in [-0.2, -0.15) is 5.10 Å². The summed E-state index contributed by atoms with van der Waals surface area (Å²) in [6, 6.07) is 23.5. The molecule has 3 amide bonds. The molecule has 0 aliphatic rings. The zero-order valence-corrected chi connectivity index (χ0v) is 20.8. The van der Waals surface area contributed by atoms with E-state index >= 15 is 0 Å². The largest absolute Gasteiger partial charge is 0.497 e. The Bertz CT molecular complexity index is 1370. The SMILES string of the molecule is COc1ccc(-n2nc(-c3ccccc3)cc2NC(=O)CN(C(=O)Nc2cccc(F)c2)C(C)C)cc1. The third kappa shape index (κ3) is 6.32. The van der Waals surface area contributed by atoms with Gasteiger partial charge in [-0.1, -0.05) is 36.4 Å². The number of carbonyl (C=O) groups excluding carboxylic acids is 2. The highest BCUT2D eigenvalue weighted by molar-refractivity contribution is 5.97. The smallest absolute Gasteiger partial charge is 0.322 e. The van der Waals surface area contributed by atoms with Crippen molar-refractivity contribution in [1.29, 1.82) is 0 Å². The molecule has 0 unspecified atom stereocenters. The van der Waals surface area contributed by atoms with E-state index in [1.807, 2.05) is 54.6 Å². The summed E-state index contributed by atoms with van der Waals surface area (Å²) >= 11 is 0. The monoisotopic (exact) mass is 501 g/mol. The van der Waals surface area contributed by atoms with E-state index in [2.05, 4.69) is 10.6 Å². The molecule has 37 heavy (non-hydrogen) atoms. The predicted molar refractivity (Wildman–Crippen MR) is 141 cm³/mol. The molecular weight excluding hydrogens is 473 g/mol. The molecule has 1 aromatic heterocycles. The molecule has 0 bridgehead atoms. The Hall–Kier alpha value is -4.66. The van der Waals surface area contributed by atoms with E-state index in [1.54, 1.807) is 37.8 Å². The normalized spacial score (nSPS) is 10.7. The first-order chi connectivity index (χ1) is 17.8. The molecule has 0 fully saturated rings. The van der Waals surface area contributed by atoms with Crippen LogP contribution in [0.3, 0.4) is 0 Å². The fourth-order valence-electron chi connectivity index (χ4n) is 3.73. The van der Waals surface area contributed by atoms with Crippen molar-refractivity contribution in [3.8, 4) is 22.7 Å². The van der Waals surface area contributed by atoms with E-state index in [0.717, 1.165) is 11.3 Å². The lowest BCUT2D eigenvalue weighted by atomic mass is 10.1. The van der Waals surface area contributed by atoms with Crippen molar-refractivity contribution in [2.75, 3.05) is 24.3 Å². The topological polar surface area (TPSA) is 88.5 Å². The number of benzene rings is 3. The van der Waals surface area contributed by atoms with Crippen LogP contribution < -0.4 is 15.4 Å². The van der Waals surface area contributed by atoms with Crippen LogP contribution in [-0.4, -0.2) is 46.3 Å². The minimum atomic E-state index is -0.510. The number of ether oxygens (including phenoxy) is 1. The molecule has 1 heterocycles. The van der Waals surface area contributed by atoms with E-state index < -0.39 is 17.8 Å². The highest BCUT2D eigenvalue weighted by Gasteiger charge is 2.22. The van der Waals surface area contributed by atoms with Gasteiger partial charge in [0.15, 0.2) is 0 Å². The standard InChI is InChI=1S/C28H28FN5O3/c1-19(2)33(28(36)30-22-11-7-10-21(29)16-22)18-27(35)31-26-17-25(20-8-5-4-6-9-20)32-34(26)23-12-14-24(37-3)15-13-23/h4-17,19H,18H2,1-3H3,(H,30,36)(H,31,35). The minimum absolute atomic E-state index is 0.215. The summed E-state index contributed by atoms with van der Waals surface area (Å²) in [5.41, 5.74) is 2.60. The second-order valence-corrected chi connectivity index (χ2v) is 8.60. The molecule has 0 atom stereocenters. The summed E-state index contributed by atoms with van der Waals surface area (Å²) in [6.45, 7) is 3.38. The van der Waals surface area contributed by atoms with E-state index in [1.165, 1.54) is 23.1 Å². The summed E-state index contributed by atoms with van der Waals surface area (Å²) in [7, 11) is 1.59. The number of methoxy groups -OCH3 is 1. The third-order valence-electron chi connectivity index (χ3n) is 5.64. The zero-order chi connectivity index (χ0) is 26.4. The van der Waals surface area contributed by atoms with Crippen LogP contribution in [-0.2, 0) is 4.79 Å². The molecule has 0 aliphatic carbocycles. The highest BCUT2D eigenvalue weighted by atomic mass is 19.1. The van der Waals surface area contributed by atoms with Crippen molar-refractivity contribution in [3.63, 3.8) is 0 Å². The van der Waals surface area contributed by atoms with Crippen LogP contribution >= 0.6 is 0 Å². The predicted octanol–water partition coefficient (Wildman–Crippen LogP) is 5.57. The summed E-state index contributed by atoms with van der Waals surface area (Å²) in [5.74, 6) is 0.273. The second kappa shape index (κ2) is 11.4. The maximum Gasteiger partial charge on any atom is 0.322 e. The Morgan fingerprint density at radius 3 is 2.35 bits per heavy atom. The molecule has 0 saturated heterocycles. The van der Waals surface area contributed by atoms with Gasteiger partial charge in [0.2, 0.25) is 5.91 Å². The lowest BCUT2D eigenvalue weighted by molar-refractivity contribution is -0.117. The summed E-state index contributed by atoms with van der Waals surface area (Å²) in [4.78, 5) is 27.4. The van der Waals surface area contributed by atoms with Gasteiger partial charge in [-0.15, -0.1) is 0 Å². The van der Waals surface area contributed by atoms with Crippen LogP contribution in [0.5, 0.6) is 5.75 Å². The lowest BCUT2D eigenvalue weighted by Gasteiger charge is -2.26. The Labute approximate surface area is 214 Å². The van der Waals surface area contributed by atoms with Gasteiger partial charge in [0.05, 0.1) is 18.5 Å². The number of nitrogens with zero attached hydrogens (tertiary/aromatic N) is 3. The number of carbonyl (C=O) groups is 2. The summed E-state index contributed by atoms with van der Waals surface area (Å²) < 4.78 is 20.4. The number of rotatable bonds is 8. The third-order valence-corrected chi connectivity index (χ3v) is 5.64. The van der Waals surface area contributed by atoms with Crippen LogP contribution in [0.2, 0.25) is 0 Å². The van der Waals surface area contributed by atoms with Crippen molar-refractivity contribution in [2.24, 2.45) is 0 Å². The van der Waals surface area contributed by atoms with Crippen LogP contribution in [0.4, 0.5) is 20.7 Å². The number of aromatic nitrogens is 2. The maximum atomic E-state index is 13.5. The van der Waals surface area contributed by atoms with Gasteiger partial charge in [-0.25, -0.2) is 13.9 Å². The molecule has 0 aliphatic heterocycles. The molecule has 0 saturated carbocycles. The first-order valence-electron chi connectivity index (χ1n) is 11.8. The van der Waals surface area contributed by atoms with Gasteiger partial charge < -0.3 is 20.3 Å². The van der Waals surface area contributed by atoms with Gasteiger partial charge in [0.25, 0.3) is 0 Å². The van der Waals surface area contributed by atoms with E-state index in [-0.39, 0.29) is 12.6 Å². The van der Waals surface area contributed by atoms with Gasteiger partial charge in [-0.3, -0.25) is 4.79 Å². The van der Waals surface area contributed by atoms with Gasteiger partial charge >= 0.3 is 6.03 Å². The molecule has 8 nitrogen and oxygen atoms in total. The molecule has 4 rings (SSSR count).